The topological polar surface area (TPSA) is 41.1 Å². The maximum absolute atomic E-state index is 12.0. The normalized spacial score (nSPS) is 17.1. The summed E-state index contributed by atoms with van der Waals surface area (Å²) in [5.41, 5.74) is 0.956. The van der Waals surface area contributed by atoms with Crippen molar-refractivity contribution in [1.82, 2.24) is 10.6 Å². The largest absolute Gasteiger partial charge is 0.345 e. The first-order valence-electron chi connectivity index (χ1n) is 6.88. The van der Waals surface area contributed by atoms with E-state index < -0.39 is 0 Å². The van der Waals surface area contributed by atoms with Crippen LogP contribution >= 0.6 is 24.0 Å². The highest BCUT2D eigenvalue weighted by atomic mass is 35.5. The van der Waals surface area contributed by atoms with Crippen LogP contribution < -0.4 is 10.6 Å². The smallest absolute Gasteiger partial charge is 0.234 e. The van der Waals surface area contributed by atoms with Gasteiger partial charge in [0.05, 0.1) is 12.1 Å². The van der Waals surface area contributed by atoms with Gasteiger partial charge in [0.25, 0.3) is 0 Å². The Morgan fingerprint density at radius 3 is 2.35 bits per heavy atom. The zero-order chi connectivity index (χ0) is 13.7. The Bertz CT molecular complexity index is 428. The molecule has 0 bridgehead atoms. The lowest BCUT2D eigenvalue weighted by Crippen LogP contribution is -2.49. The number of rotatable bonds is 4. The molecule has 1 saturated carbocycles. The number of carbonyl (C=O) groups is 1. The Kier molecular flexibility index (Phi) is 6.80. The van der Waals surface area contributed by atoms with E-state index in [1.807, 2.05) is 24.3 Å². The van der Waals surface area contributed by atoms with E-state index in [1.54, 1.807) is 7.05 Å². The number of likely N-dealkylation sites (N-methyl/N-ethyl adjacent to an activating group) is 1. The van der Waals surface area contributed by atoms with Gasteiger partial charge in [-0.15, -0.1) is 12.4 Å². The average Bonchev–Trinajstić information content (AvgIpc) is 2.40. The molecular formula is C15H22Cl2N2O. The molecule has 0 aliphatic heterocycles. The van der Waals surface area contributed by atoms with Crippen molar-refractivity contribution in [3.05, 3.63) is 34.9 Å². The molecule has 1 aliphatic rings. The van der Waals surface area contributed by atoms with Crippen LogP contribution in [0.2, 0.25) is 5.02 Å². The van der Waals surface area contributed by atoms with E-state index in [9.17, 15) is 4.79 Å². The van der Waals surface area contributed by atoms with Crippen LogP contribution in [0.4, 0.5) is 0 Å². The minimum absolute atomic E-state index is 0. The van der Waals surface area contributed by atoms with Gasteiger partial charge >= 0.3 is 0 Å². The number of halogens is 2. The SMILES string of the molecule is CNCC(=O)NC1(c2ccc(Cl)cc2)CCCCC1.Cl. The van der Waals surface area contributed by atoms with Gasteiger partial charge in [-0.05, 0) is 37.6 Å². The minimum atomic E-state index is -0.212. The third-order valence-electron chi connectivity index (χ3n) is 3.82. The van der Waals surface area contributed by atoms with Gasteiger partial charge in [0.15, 0.2) is 0 Å². The Balaban J connectivity index is 0.00000200. The van der Waals surface area contributed by atoms with E-state index in [4.69, 9.17) is 11.6 Å². The maximum Gasteiger partial charge on any atom is 0.234 e. The fourth-order valence-electron chi connectivity index (χ4n) is 2.88. The lowest BCUT2D eigenvalue weighted by atomic mass is 9.76. The molecule has 2 rings (SSSR count). The Labute approximate surface area is 131 Å². The summed E-state index contributed by atoms with van der Waals surface area (Å²) in [7, 11) is 1.79. The highest BCUT2D eigenvalue weighted by molar-refractivity contribution is 6.30. The van der Waals surface area contributed by atoms with E-state index in [1.165, 1.54) is 12.0 Å². The summed E-state index contributed by atoms with van der Waals surface area (Å²) in [5, 5.41) is 6.86. The van der Waals surface area contributed by atoms with Crippen molar-refractivity contribution in [2.75, 3.05) is 13.6 Å². The molecule has 0 atom stereocenters. The molecule has 1 fully saturated rings. The third kappa shape index (κ3) is 4.11. The van der Waals surface area contributed by atoms with Crippen LogP contribution in [0, 0.1) is 0 Å². The Morgan fingerprint density at radius 1 is 1.20 bits per heavy atom. The van der Waals surface area contributed by atoms with Crippen molar-refractivity contribution >= 4 is 29.9 Å². The number of nitrogens with one attached hydrogen (secondary N) is 2. The summed E-state index contributed by atoms with van der Waals surface area (Å²) >= 11 is 5.95. The first kappa shape index (κ1) is 17.3. The van der Waals surface area contributed by atoms with E-state index >= 15 is 0 Å². The molecule has 0 unspecified atom stereocenters. The van der Waals surface area contributed by atoms with Gasteiger partial charge in [-0.2, -0.15) is 0 Å². The molecule has 1 amide bonds. The van der Waals surface area contributed by atoms with Crippen LogP contribution in [0.15, 0.2) is 24.3 Å². The van der Waals surface area contributed by atoms with Gasteiger partial charge < -0.3 is 10.6 Å². The molecule has 2 N–H and O–H groups in total. The second kappa shape index (κ2) is 7.87. The van der Waals surface area contributed by atoms with Crippen LogP contribution in [0.25, 0.3) is 0 Å². The van der Waals surface area contributed by atoms with Crippen molar-refractivity contribution in [1.29, 1.82) is 0 Å². The summed E-state index contributed by atoms with van der Waals surface area (Å²) in [6, 6.07) is 7.87. The van der Waals surface area contributed by atoms with Gasteiger partial charge in [0.2, 0.25) is 5.91 Å². The van der Waals surface area contributed by atoms with Crippen LogP contribution in [0.3, 0.4) is 0 Å². The first-order valence-corrected chi connectivity index (χ1v) is 7.26. The van der Waals surface area contributed by atoms with Crippen LogP contribution in [0.5, 0.6) is 0 Å². The molecule has 0 radical (unpaired) electrons. The molecule has 5 heteroatoms. The standard InChI is InChI=1S/C15H21ClN2O.ClH/c1-17-11-14(19)18-15(9-3-2-4-10-15)12-5-7-13(16)8-6-12;/h5-8,17H,2-4,9-11H2,1H3,(H,18,19);1H. The van der Waals surface area contributed by atoms with Crippen molar-refractivity contribution in [2.24, 2.45) is 0 Å². The van der Waals surface area contributed by atoms with Crippen molar-refractivity contribution in [3.63, 3.8) is 0 Å². The van der Waals surface area contributed by atoms with Crippen molar-refractivity contribution in [2.45, 2.75) is 37.6 Å². The molecule has 0 heterocycles. The summed E-state index contributed by atoms with van der Waals surface area (Å²) in [4.78, 5) is 12.0. The zero-order valence-electron chi connectivity index (χ0n) is 11.7. The predicted molar refractivity (Wildman–Crippen MR) is 85.5 cm³/mol. The molecular weight excluding hydrogens is 295 g/mol. The summed E-state index contributed by atoms with van der Waals surface area (Å²) in [6.07, 6.45) is 5.57. The van der Waals surface area contributed by atoms with Crippen LogP contribution in [-0.4, -0.2) is 19.5 Å². The number of benzene rings is 1. The van der Waals surface area contributed by atoms with Crippen LogP contribution in [-0.2, 0) is 10.3 Å². The number of hydrogen-bond acceptors (Lipinski definition) is 2. The van der Waals surface area contributed by atoms with Gasteiger partial charge in [0.1, 0.15) is 0 Å². The van der Waals surface area contributed by atoms with Crippen LogP contribution in [0.1, 0.15) is 37.7 Å². The van der Waals surface area contributed by atoms with E-state index in [-0.39, 0.29) is 23.9 Å². The average molecular weight is 317 g/mol. The summed E-state index contributed by atoms with van der Waals surface area (Å²) in [6.45, 7) is 0.356. The second-order valence-corrected chi connectivity index (χ2v) is 5.66. The first-order chi connectivity index (χ1) is 9.16. The Hall–Kier alpha value is -0.770. The molecule has 1 aromatic rings. The van der Waals surface area contributed by atoms with Gasteiger partial charge in [0, 0.05) is 5.02 Å². The fraction of sp³-hybridized carbons (Fsp3) is 0.533. The molecule has 0 aromatic heterocycles. The van der Waals surface area contributed by atoms with E-state index in [2.05, 4.69) is 10.6 Å². The lowest BCUT2D eigenvalue weighted by molar-refractivity contribution is -0.122. The Morgan fingerprint density at radius 2 is 1.80 bits per heavy atom. The van der Waals surface area contributed by atoms with Crippen molar-refractivity contribution in [3.8, 4) is 0 Å². The molecule has 20 heavy (non-hydrogen) atoms. The summed E-state index contributed by atoms with van der Waals surface area (Å²) < 4.78 is 0. The number of amides is 1. The molecule has 0 spiro atoms. The van der Waals surface area contributed by atoms with E-state index in [0.717, 1.165) is 30.7 Å². The summed E-state index contributed by atoms with van der Waals surface area (Å²) in [5.74, 6) is 0.0550. The number of hydrogen-bond donors (Lipinski definition) is 2. The predicted octanol–water partition coefficient (Wildman–Crippen LogP) is 3.26. The highest BCUT2D eigenvalue weighted by Crippen LogP contribution is 2.37. The zero-order valence-corrected chi connectivity index (χ0v) is 13.3. The molecule has 1 aromatic carbocycles. The quantitative estimate of drug-likeness (QED) is 0.895. The minimum Gasteiger partial charge on any atom is -0.345 e. The molecule has 112 valence electrons. The lowest BCUT2D eigenvalue weighted by Gasteiger charge is -2.38. The van der Waals surface area contributed by atoms with Gasteiger partial charge in [-0.3, -0.25) is 4.79 Å². The fourth-order valence-corrected chi connectivity index (χ4v) is 3.01. The maximum atomic E-state index is 12.0. The molecule has 3 nitrogen and oxygen atoms in total. The van der Waals surface area contributed by atoms with E-state index in [0.29, 0.717) is 6.54 Å². The second-order valence-electron chi connectivity index (χ2n) is 5.23. The van der Waals surface area contributed by atoms with Gasteiger partial charge in [-0.25, -0.2) is 0 Å². The highest BCUT2D eigenvalue weighted by Gasteiger charge is 2.34. The molecule has 1 aliphatic carbocycles. The third-order valence-corrected chi connectivity index (χ3v) is 4.07. The molecule has 0 saturated heterocycles. The monoisotopic (exact) mass is 316 g/mol. The van der Waals surface area contributed by atoms with Crippen molar-refractivity contribution < 1.29 is 4.79 Å². The number of carbonyl (C=O) groups excluding carboxylic acids is 1. The van der Waals surface area contributed by atoms with Gasteiger partial charge in [-0.1, -0.05) is 43.0 Å².